The van der Waals surface area contributed by atoms with Crippen LogP contribution in [0.2, 0.25) is 0 Å². The van der Waals surface area contributed by atoms with Crippen molar-refractivity contribution in [1.82, 2.24) is 10.3 Å². The first-order chi connectivity index (χ1) is 8.19. The Bertz CT molecular complexity index is 415. The molecule has 2 fully saturated rings. The van der Waals surface area contributed by atoms with Crippen LogP contribution in [0.5, 0.6) is 0 Å². The van der Waals surface area contributed by atoms with Crippen molar-refractivity contribution in [3.63, 3.8) is 0 Å². The Morgan fingerprint density at radius 3 is 2.88 bits per heavy atom. The van der Waals surface area contributed by atoms with Crippen molar-refractivity contribution in [2.24, 2.45) is 5.92 Å². The van der Waals surface area contributed by atoms with E-state index in [2.05, 4.69) is 24.1 Å². The number of hydrogen-bond donors (Lipinski definition) is 1. The van der Waals surface area contributed by atoms with E-state index in [0.29, 0.717) is 6.04 Å². The second-order valence-corrected chi connectivity index (χ2v) is 6.45. The molecular weight excluding hydrogens is 230 g/mol. The molecule has 17 heavy (non-hydrogen) atoms. The quantitative estimate of drug-likeness (QED) is 0.895. The highest BCUT2D eigenvalue weighted by Crippen LogP contribution is 2.42. The fraction of sp³-hybridized carbons (Fsp3) is 0.769. The van der Waals surface area contributed by atoms with E-state index in [4.69, 9.17) is 4.98 Å². The molecule has 1 aliphatic carbocycles. The third kappa shape index (κ3) is 1.87. The minimum atomic E-state index is 0.418. The van der Waals surface area contributed by atoms with Gasteiger partial charge in [-0.25, -0.2) is 4.98 Å². The Morgan fingerprint density at radius 2 is 2.29 bits per heavy atom. The Kier molecular flexibility index (Phi) is 2.87. The van der Waals surface area contributed by atoms with E-state index in [0.717, 1.165) is 12.0 Å². The fourth-order valence-electron chi connectivity index (χ4n) is 3.21. The first-order valence-electron chi connectivity index (χ1n) is 6.60. The maximum atomic E-state index is 4.78. The predicted octanol–water partition coefficient (Wildman–Crippen LogP) is 2.72. The van der Waals surface area contributed by atoms with E-state index in [1.807, 2.05) is 18.4 Å². The number of fused-ring (bicyclic) bond motifs is 2. The highest BCUT2D eigenvalue weighted by Gasteiger charge is 2.39. The SMILES string of the molecule is CNC(C)c1sc(N2CC3CCC2C3)nc1C. The van der Waals surface area contributed by atoms with Gasteiger partial charge in [-0.1, -0.05) is 0 Å². The Balaban J connectivity index is 1.84. The number of thiazole rings is 1. The number of aromatic nitrogens is 1. The number of anilines is 1. The topological polar surface area (TPSA) is 28.2 Å². The zero-order chi connectivity index (χ0) is 12.0. The van der Waals surface area contributed by atoms with Gasteiger partial charge < -0.3 is 10.2 Å². The molecule has 1 saturated carbocycles. The molecule has 1 aliphatic heterocycles. The minimum Gasteiger partial charge on any atom is -0.345 e. The molecule has 1 saturated heterocycles. The average Bonchev–Trinajstić information content (AvgIpc) is 3.01. The second kappa shape index (κ2) is 4.25. The highest BCUT2D eigenvalue weighted by atomic mass is 32.1. The number of piperidine rings is 1. The van der Waals surface area contributed by atoms with Crippen molar-refractivity contribution < 1.29 is 0 Å². The number of nitrogens with zero attached hydrogens (tertiary/aromatic N) is 2. The third-order valence-corrected chi connectivity index (χ3v) is 5.68. The summed E-state index contributed by atoms with van der Waals surface area (Å²) in [4.78, 5) is 8.73. The molecule has 0 aromatic carbocycles. The van der Waals surface area contributed by atoms with Crippen LogP contribution in [0.4, 0.5) is 5.13 Å². The van der Waals surface area contributed by atoms with E-state index in [-0.39, 0.29) is 0 Å². The molecule has 2 heterocycles. The van der Waals surface area contributed by atoms with Gasteiger partial charge in [0.05, 0.1) is 5.69 Å². The van der Waals surface area contributed by atoms with Gasteiger partial charge >= 0.3 is 0 Å². The number of hydrogen-bond acceptors (Lipinski definition) is 4. The fourth-order valence-corrected chi connectivity index (χ4v) is 4.42. The summed E-state index contributed by atoms with van der Waals surface area (Å²) in [7, 11) is 2.02. The van der Waals surface area contributed by atoms with Crippen LogP contribution in [0.15, 0.2) is 0 Å². The van der Waals surface area contributed by atoms with Crippen LogP contribution in [0, 0.1) is 12.8 Å². The summed E-state index contributed by atoms with van der Waals surface area (Å²) < 4.78 is 0. The summed E-state index contributed by atoms with van der Waals surface area (Å²) in [6.45, 7) is 5.59. The van der Waals surface area contributed by atoms with Crippen LogP contribution < -0.4 is 10.2 Å². The monoisotopic (exact) mass is 251 g/mol. The second-order valence-electron chi connectivity index (χ2n) is 5.44. The average molecular weight is 251 g/mol. The van der Waals surface area contributed by atoms with Crippen molar-refractivity contribution in [2.75, 3.05) is 18.5 Å². The smallest absolute Gasteiger partial charge is 0.186 e. The molecule has 3 nitrogen and oxygen atoms in total. The standard InChI is InChI=1S/C13H21N3S/c1-8(14-3)12-9(2)15-13(17-12)16-7-10-4-5-11(16)6-10/h8,10-11,14H,4-7H2,1-3H3. The normalized spacial score (nSPS) is 29.0. The molecule has 3 rings (SSSR count). The number of rotatable bonds is 3. The molecule has 0 radical (unpaired) electrons. The van der Waals surface area contributed by atoms with E-state index >= 15 is 0 Å². The van der Waals surface area contributed by atoms with Gasteiger partial charge in [0.1, 0.15) is 0 Å². The van der Waals surface area contributed by atoms with Crippen LogP contribution in [0.1, 0.15) is 42.8 Å². The number of nitrogens with one attached hydrogen (secondary N) is 1. The zero-order valence-electron chi connectivity index (χ0n) is 10.9. The maximum absolute atomic E-state index is 4.78. The lowest BCUT2D eigenvalue weighted by atomic mass is 10.1. The molecule has 0 amide bonds. The van der Waals surface area contributed by atoms with Gasteiger partial charge in [-0.15, -0.1) is 11.3 Å². The number of aryl methyl sites for hydroxylation is 1. The Hall–Kier alpha value is -0.610. The van der Waals surface area contributed by atoms with Crippen molar-refractivity contribution in [3.8, 4) is 0 Å². The zero-order valence-corrected chi connectivity index (χ0v) is 11.7. The highest BCUT2D eigenvalue weighted by molar-refractivity contribution is 7.15. The lowest BCUT2D eigenvalue weighted by Crippen LogP contribution is -2.31. The molecule has 3 unspecified atom stereocenters. The van der Waals surface area contributed by atoms with Gasteiger partial charge in [0.2, 0.25) is 0 Å². The minimum absolute atomic E-state index is 0.418. The summed E-state index contributed by atoms with van der Waals surface area (Å²) in [5.41, 5.74) is 1.20. The molecule has 4 heteroatoms. The van der Waals surface area contributed by atoms with Gasteiger partial charge in [-0.3, -0.25) is 0 Å². The van der Waals surface area contributed by atoms with E-state index in [1.54, 1.807) is 0 Å². The summed E-state index contributed by atoms with van der Waals surface area (Å²) >= 11 is 1.88. The van der Waals surface area contributed by atoms with E-state index < -0.39 is 0 Å². The van der Waals surface area contributed by atoms with Crippen LogP contribution in [-0.2, 0) is 0 Å². The Labute approximate surface area is 107 Å². The molecule has 1 aromatic heterocycles. The molecule has 2 aliphatic rings. The molecule has 3 atom stereocenters. The van der Waals surface area contributed by atoms with E-state index in [1.165, 1.54) is 41.5 Å². The Morgan fingerprint density at radius 1 is 1.47 bits per heavy atom. The lowest BCUT2D eigenvalue weighted by Gasteiger charge is -2.26. The van der Waals surface area contributed by atoms with Gasteiger partial charge in [-0.2, -0.15) is 0 Å². The molecule has 1 N–H and O–H groups in total. The largest absolute Gasteiger partial charge is 0.345 e. The van der Waals surface area contributed by atoms with Crippen molar-refractivity contribution in [2.45, 2.75) is 45.2 Å². The van der Waals surface area contributed by atoms with Crippen LogP contribution in [-0.4, -0.2) is 24.6 Å². The first kappa shape index (κ1) is 11.5. The molecule has 94 valence electrons. The lowest BCUT2D eigenvalue weighted by molar-refractivity contribution is 0.553. The van der Waals surface area contributed by atoms with Crippen LogP contribution in [0.3, 0.4) is 0 Å². The van der Waals surface area contributed by atoms with Crippen molar-refractivity contribution in [1.29, 1.82) is 0 Å². The van der Waals surface area contributed by atoms with Crippen molar-refractivity contribution in [3.05, 3.63) is 10.6 Å². The van der Waals surface area contributed by atoms with E-state index in [9.17, 15) is 0 Å². The van der Waals surface area contributed by atoms with Gasteiger partial charge in [-0.05, 0) is 46.1 Å². The van der Waals surface area contributed by atoms with Crippen LogP contribution in [0.25, 0.3) is 0 Å². The summed E-state index contributed by atoms with van der Waals surface area (Å²) in [5.74, 6) is 0.939. The van der Waals surface area contributed by atoms with Gasteiger partial charge in [0, 0.05) is 23.5 Å². The van der Waals surface area contributed by atoms with Crippen molar-refractivity contribution >= 4 is 16.5 Å². The summed E-state index contributed by atoms with van der Waals surface area (Å²) in [5, 5.41) is 4.57. The third-order valence-electron chi connectivity index (χ3n) is 4.30. The molecule has 1 aromatic rings. The van der Waals surface area contributed by atoms with Crippen LogP contribution >= 0.6 is 11.3 Å². The molecular formula is C13H21N3S. The van der Waals surface area contributed by atoms with Gasteiger partial charge in [0.15, 0.2) is 5.13 Å². The molecule has 2 bridgehead atoms. The maximum Gasteiger partial charge on any atom is 0.186 e. The first-order valence-corrected chi connectivity index (χ1v) is 7.42. The summed E-state index contributed by atoms with van der Waals surface area (Å²) in [6.07, 6.45) is 4.21. The predicted molar refractivity (Wildman–Crippen MR) is 72.8 cm³/mol. The summed E-state index contributed by atoms with van der Waals surface area (Å²) in [6, 6.07) is 1.20. The van der Waals surface area contributed by atoms with Gasteiger partial charge in [0.25, 0.3) is 0 Å². The molecule has 0 spiro atoms.